The lowest BCUT2D eigenvalue weighted by Crippen LogP contribution is -2.34. The number of methoxy groups -OCH3 is 1. The number of carbonyl (C=O) groups is 2. The Balaban J connectivity index is 2.27. The molecule has 0 aromatic heterocycles. The smallest absolute Gasteiger partial charge is 0.305 e. The molecule has 1 aliphatic rings. The van der Waals surface area contributed by atoms with Crippen LogP contribution in [-0.2, 0) is 14.3 Å². The number of rotatable bonds is 12. The number of hydrogen-bond donors (Lipinski definition) is 1. The first-order valence-electron chi connectivity index (χ1n) is 10.5. The van der Waals surface area contributed by atoms with Crippen molar-refractivity contribution in [2.75, 3.05) is 13.7 Å². The van der Waals surface area contributed by atoms with Crippen LogP contribution in [-0.4, -0.2) is 47.7 Å². The van der Waals surface area contributed by atoms with E-state index in [0.717, 1.165) is 64.3 Å². The monoisotopic (exact) mass is 379 g/mol. The number of aliphatic hydroxyl groups excluding tert-OH is 1. The average molecular weight is 380 g/mol. The van der Waals surface area contributed by atoms with Gasteiger partial charge in [-0.2, -0.15) is 0 Å². The molecular weight excluding hydrogens is 342 g/mol. The van der Waals surface area contributed by atoms with E-state index in [0.29, 0.717) is 12.8 Å². The lowest BCUT2D eigenvalue weighted by Gasteiger charge is -2.26. The average Bonchev–Trinajstić information content (AvgIpc) is 3.02. The number of esters is 1. The topological polar surface area (TPSA) is 66.8 Å². The summed E-state index contributed by atoms with van der Waals surface area (Å²) in [5.41, 5.74) is 0. The molecule has 0 saturated carbocycles. The Morgan fingerprint density at radius 1 is 1.30 bits per heavy atom. The van der Waals surface area contributed by atoms with Gasteiger partial charge in [0.05, 0.1) is 13.2 Å². The summed E-state index contributed by atoms with van der Waals surface area (Å²) < 4.78 is 4.64. The molecule has 1 amide bonds. The molecule has 27 heavy (non-hydrogen) atoms. The number of hydrogen-bond acceptors (Lipinski definition) is 4. The highest BCUT2D eigenvalue weighted by Crippen LogP contribution is 2.25. The maximum absolute atomic E-state index is 12.2. The van der Waals surface area contributed by atoms with Crippen LogP contribution in [0.2, 0.25) is 0 Å². The van der Waals surface area contributed by atoms with Gasteiger partial charge in [0.1, 0.15) is 0 Å². The Bertz CT molecular complexity index is 508. The fourth-order valence-corrected chi connectivity index (χ4v) is 3.55. The lowest BCUT2D eigenvalue weighted by molar-refractivity contribution is -0.140. The molecule has 5 nitrogen and oxygen atoms in total. The first kappa shape index (κ1) is 23.5. The summed E-state index contributed by atoms with van der Waals surface area (Å²) in [6, 6.07) is 0.260. The molecule has 1 unspecified atom stereocenters. The second kappa shape index (κ2) is 13.6. The van der Waals surface area contributed by atoms with E-state index >= 15 is 0 Å². The van der Waals surface area contributed by atoms with Gasteiger partial charge in [-0.1, -0.05) is 26.7 Å². The number of ether oxygens (including phenoxy) is 1. The van der Waals surface area contributed by atoms with Crippen LogP contribution in [0.25, 0.3) is 0 Å². The molecule has 1 saturated heterocycles. The van der Waals surface area contributed by atoms with E-state index < -0.39 is 0 Å². The fraction of sp³-hybridized carbons (Fsp3) is 0.818. The van der Waals surface area contributed by atoms with Crippen molar-refractivity contribution in [3.8, 4) is 11.8 Å². The van der Waals surface area contributed by atoms with Gasteiger partial charge in [-0.25, -0.2) is 0 Å². The minimum Gasteiger partial charge on any atom is -0.469 e. The second-order valence-corrected chi connectivity index (χ2v) is 7.55. The van der Waals surface area contributed by atoms with Crippen molar-refractivity contribution >= 4 is 11.9 Å². The number of aliphatic hydroxyl groups is 1. The van der Waals surface area contributed by atoms with Crippen LogP contribution >= 0.6 is 0 Å². The quantitative estimate of drug-likeness (QED) is 0.319. The van der Waals surface area contributed by atoms with Gasteiger partial charge in [-0.15, -0.1) is 11.8 Å². The highest BCUT2D eigenvalue weighted by molar-refractivity contribution is 5.78. The van der Waals surface area contributed by atoms with Gasteiger partial charge in [0.2, 0.25) is 5.91 Å². The van der Waals surface area contributed by atoms with E-state index in [-0.39, 0.29) is 29.9 Å². The van der Waals surface area contributed by atoms with Crippen LogP contribution < -0.4 is 0 Å². The molecule has 1 aliphatic heterocycles. The Kier molecular flexibility index (Phi) is 11.8. The third kappa shape index (κ3) is 9.28. The van der Waals surface area contributed by atoms with Crippen molar-refractivity contribution < 1.29 is 19.4 Å². The van der Waals surface area contributed by atoms with Crippen LogP contribution in [0.3, 0.4) is 0 Å². The van der Waals surface area contributed by atoms with E-state index in [1.54, 1.807) is 0 Å². The SMILES string of the molecule is CCC#CC[C@@H](C)[C@H](O)CCC1CCC(=O)N1CCCCCCC(=O)OC. The molecule has 1 rings (SSSR count). The van der Waals surface area contributed by atoms with Gasteiger partial charge in [0.15, 0.2) is 0 Å². The Hall–Kier alpha value is -1.54. The molecule has 154 valence electrons. The van der Waals surface area contributed by atoms with E-state index in [1.165, 1.54) is 7.11 Å². The number of amides is 1. The molecule has 0 radical (unpaired) electrons. The number of likely N-dealkylation sites (tertiary alicyclic amines) is 1. The largest absolute Gasteiger partial charge is 0.469 e. The van der Waals surface area contributed by atoms with Crippen LogP contribution in [0.5, 0.6) is 0 Å². The highest BCUT2D eigenvalue weighted by atomic mass is 16.5. The summed E-state index contributed by atoms with van der Waals surface area (Å²) in [4.78, 5) is 25.3. The Morgan fingerprint density at radius 2 is 2.04 bits per heavy atom. The molecule has 0 aliphatic carbocycles. The van der Waals surface area contributed by atoms with E-state index in [4.69, 9.17) is 0 Å². The summed E-state index contributed by atoms with van der Waals surface area (Å²) >= 11 is 0. The van der Waals surface area contributed by atoms with Gasteiger partial charge in [0.25, 0.3) is 0 Å². The zero-order valence-corrected chi connectivity index (χ0v) is 17.3. The molecule has 3 atom stereocenters. The fourth-order valence-electron chi connectivity index (χ4n) is 3.55. The predicted octanol–water partition coefficient (Wildman–Crippen LogP) is 3.68. The Morgan fingerprint density at radius 3 is 2.74 bits per heavy atom. The van der Waals surface area contributed by atoms with Crippen LogP contribution in [0.1, 0.15) is 84.5 Å². The summed E-state index contributed by atoms with van der Waals surface area (Å²) in [5, 5.41) is 10.4. The van der Waals surface area contributed by atoms with Crippen molar-refractivity contribution in [1.82, 2.24) is 4.90 Å². The van der Waals surface area contributed by atoms with Gasteiger partial charge >= 0.3 is 5.97 Å². The third-order valence-corrected chi connectivity index (χ3v) is 5.39. The molecule has 1 heterocycles. The summed E-state index contributed by atoms with van der Waals surface area (Å²) in [7, 11) is 1.41. The van der Waals surface area contributed by atoms with E-state index in [1.807, 2.05) is 18.7 Å². The molecule has 0 aromatic carbocycles. The Labute approximate surface area is 164 Å². The zero-order chi connectivity index (χ0) is 20.1. The molecule has 1 fully saturated rings. The highest BCUT2D eigenvalue weighted by Gasteiger charge is 2.30. The first-order chi connectivity index (χ1) is 13.0. The molecule has 5 heteroatoms. The standard InChI is InChI=1S/C22H37NO4/c1-4-5-8-11-18(2)20(24)15-13-19-14-16-21(25)23(19)17-10-7-6-9-12-22(26)27-3/h18-20,24H,4,6-7,9-17H2,1-3H3/t18-,19?,20-/m1/s1. The zero-order valence-electron chi connectivity index (χ0n) is 17.3. The van der Waals surface area contributed by atoms with Gasteiger partial charge in [-0.05, 0) is 38.0 Å². The van der Waals surface area contributed by atoms with E-state index in [9.17, 15) is 14.7 Å². The van der Waals surface area contributed by atoms with Gasteiger partial charge < -0.3 is 14.7 Å². The maximum Gasteiger partial charge on any atom is 0.305 e. The normalized spacial score (nSPS) is 18.7. The molecule has 0 spiro atoms. The van der Waals surface area contributed by atoms with Gasteiger partial charge in [-0.3, -0.25) is 9.59 Å². The summed E-state index contributed by atoms with van der Waals surface area (Å²) in [6.45, 7) is 4.86. The summed E-state index contributed by atoms with van der Waals surface area (Å²) in [6.07, 6.45) is 8.62. The summed E-state index contributed by atoms with van der Waals surface area (Å²) in [5.74, 6) is 6.42. The van der Waals surface area contributed by atoms with Crippen molar-refractivity contribution in [3.05, 3.63) is 0 Å². The predicted molar refractivity (Wildman–Crippen MR) is 107 cm³/mol. The lowest BCUT2D eigenvalue weighted by atomic mass is 9.95. The van der Waals surface area contributed by atoms with Crippen molar-refractivity contribution in [3.63, 3.8) is 0 Å². The minimum absolute atomic E-state index is 0.154. The maximum atomic E-state index is 12.2. The van der Waals surface area contributed by atoms with Crippen LogP contribution in [0, 0.1) is 17.8 Å². The molecule has 0 aromatic rings. The first-order valence-corrected chi connectivity index (χ1v) is 10.5. The molecule has 1 N–H and O–H groups in total. The molecular formula is C22H37NO4. The van der Waals surface area contributed by atoms with Crippen molar-refractivity contribution in [1.29, 1.82) is 0 Å². The number of unbranched alkanes of at least 4 members (excludes halogenated alkanes) is 3. The number of carbonyl (C=O) groups excluding carboxylic acids is 2. The van der Waals surface area contributed by atoms with Crippen molar-refractivity contribution in [2.24, 2.45) is 5.92 Å². The van der Waals surface area contributed by atoms with Gasteiger partial charge in [0, 0.05) is 38.3 Å². The van der Waals surface area contributed by atoms with Crippen molar-refractivity contribution in [2.45, 2.75) is 96.6 Å². The van der Waals surface area contributed by atoms with Crippen LogP contribution in [0.15, 0.2) is 0 Å². The minimum atomic E-state index is -0.355. The second-order valence-electron chi connectivity index (χ2n) is 7.55. The number of nitrogens with zero attached hydrogens (tertiary/aromatic N) is 1. The van der Waals surface area contributed by atoms with Crippen LogP contribution in [0.4, 0.5) is 0 Å². The molecule has 0 bridgehead atoms. The van der Waals surface area contributed by atoms with E-state index in [2.05, 4.69) is 16.6 Å². The third-order valence-electron chi connectivity index (χ3n) is 5.39.